The molecule has 1 N–H and O–H groups in total. The van der Waals surface area contributed by atoms with E-state index >= 15 is 0 Å². The van der Waals surface area contributed by atoms with Gasteiger partial charge in [0.25, 0.3) is 11.7 Å². The number of methoxy groups -OCH3 is 1. The van der Waals surface area contributed by atoms with Crippen molar-refractivity contribution in [3.8, 4) is 11.5 Å². The van der Waals surface area contributed by atoms with E-state index < -0.39 is 17.7 Å². The van der Waals surface area contributed by atoms with Crippen LogP contribution in [0.1, 0.15) is 44.4 Å². The van der Waals surface area contributed by atoms with Crippen molar-refractivity contribution in [2.24, 2.45) is 0 Å². The molecular formula is C26H31NO6. The average molecular weight is 454 g/mol. The van der Waals surface area contributed by atoms with E-state index in [1.165, 1.54) is 4.90 Å². The van der Waals surface area contributed by atoms with Gasteiger partial charge in [-0.1, -0.05) is 24.3 Å². The molecule has 2 aromatic carbocycles. The molecule has 1 fully saturated rings. The second kappa shape index (κ2) is 11.0. The van der Waals surface area contributed by atoms with Gasteiger partial charge in [-0.05, 0) is 57.0 Å². The Balaban J connectivity index is 2.11. The number of carbonyl (C=O) groups is 2. The zero-order valence-corrected chi connectivity index (χ0v) is 19.5. The van der Waals surface area contributed by atoms with Crippen LogP contribution in [0.2, 0.25) is 0 Å². The number of nitrogens with zero attached hydrogens (tertiary/aromatic N) is 1. The molecule has 1 heterocycles. The molecule has 33 heavy (non-hydrogen) atoms. The Labute approximate surface area is 194 Å². The molecule has 1 unspecified atom stereocenters. The highest BCUT2D eigenvalue weighted by atomic mass is 16.5. The summed E-state index contributed by atoms with van der Waals surface area (Å²) in [5, 5.41) is 11.2. The Bertz CT molecular complexity index is 1030. The number of ketones is 1. The van der Waals surface area contributed by atoms with Crippen molar-refractivity contribution in [1.29, 1.82) is 0 Å². The molecule has 0 aromatic heterocycles. The first-order valence-corrected chi connectivity index (χ1v) is 11.1. The van der Waals surface area contributed by atoms with Crippen LogP contribution in [0.5, 0.6) is 11.5 Å². The van der Waals surface area contributed by atoms with E-state index in [2.05, 4.69) is 0 Å². The monoisotopic (exact) mass is 453 g/mol. The number of ether oxygens (including phenoxy) is 3. The quantitative estimate of drug-likeness (QED) is 0.249. The number of hydrogen-bond acceptors (Lipinski definition) is 6. The van der Waals surface area contributed by atoms with Crippen molar-refractivity contribution in [3.63, 3.8) is 0 Å². The fraction of sp³-hybridized carbons (Fsp3) is 0.385. The van der Waals surface area contributed by atoms with Gasteiger partial charge in [0.1, 0.15) is 17.3 Å². The highest BCUT2D eigenvalue weighted by Gasteiger charge is 2.45. The maximum atomic E-state index is 13.1. The van der Waals surface area contributed by atoms with Crippen LogP contribution in [0.4, 0.5) is 0 Å². The molecule has 1 saturated heterocycles. The first kappa shape index (κ1) is 24.3. The topological polar surface area (TPSA) is 85.3 Å². The summed E-state index contributed by atoms with van der Waals surface area (Å²) in [6.07, 6.45) is 0.512. The number of benzene rings is 2. The lowest BCUT2D eigenvalue weighted by molar-refractivity contribution is -0.140. The molecule has 1 amide bonds. The van der Waals surface area contributed by atoms with Gasteiger partial charge < -0.3 is 24.2 Å². The Morgan fingerprint density at radius 3 is 2.52 bits per heavy atom. The fourth-order valence-corrected chi connectivity index (χ4v) is 3.92. The number of Topliss-reactive ketones (excluding diaryl/α,β-unsaturated/α-hetero) is 1. The Hall–Kier alpha value is -3.32. The lowest BCUT2D eigenvalue weighted by atomic mass is 9.95. The number of carbonyl (C=O) groups excluding carboxylic acids is 2. The SMILES string of the molecule is CCOc1cccc(C2/C(=C(/O)c3cccc(OC(C)C)c3)C(=O)C(=O)N2CCCOC)c1. The van der Waals surface area contributed by atoms with Gasteiger partial charge in [0.05, 0.1) is 24.3 Å². The molecule has 3 rings (SSSR count). The van der Waals surface area contributed by atoms with Gasteiger partial charge in [0.15, 0.2) is 0 Å². The summed E-state index contributed by atoms with van der Waals surface area (Å²) in [7, 11) is 1.59. The van der Waals surface area contributed by atoms with E-state index in [-0.39, 0.29) is 17.4 Å². The van der Waals surface area contributed by atoms with Gasteiger partial charge in [0, 0.05) is 25.8 Å². The second-order valence-electron chi connectivity index (χ2n) is 8.04. The molecule has 0 aliphatic carbocycles. The Kier molecular flexibility index (Phi) is 8.11. The van der Waals surface area contributed by atoms with Crippen LogP contribution in [0.15, 0.2) is 54.1 Å². The third kappa shape index (κ3) is 5.54. The van der Waals surface area contributed by atoms with Crippen LogP contribution in [-0.2, 0) is 14.3 Å². The van der Waals surface area contributed by atoms with Crippen LogP contribution in [0, 0.1) is 0 Å². The summed E-state index contributed by atoms with van der Waals surface area (Å²) >= 11 is 0. The summed E-state index contributed by atoms with van der Waals surface area (Å²) in [4.78, 5) is 27.6. The van der Waals surface area contributed by atoms with Crippen molar-refractivity contribution in [1.82, 2.24) is 4.90 Å². The van der Waals surface area contributed by atoms with Crippen molar-refractivity contribution < 1.29 is 28.9 Å². The molecule has 7 heteroatoms. The summed E-state index contributed by atoms with van der Waals surface area (Å²) in [6.45, 7) is 6.95. The standard InChI is InChI=1S/C26H31NO6/c1-5-32-20-11-6-9-18(15-20)23-22(25(29)26(30)27(23)13-8-14-31-4)24(28)19-10-7-12-21(16-19)33-17(2)3/h6-7,9-12,15-17,23,28H,5,8,13-14H2,1-4H3/b24-22-. The Morgan fingerprint density at radius 2 is 1.82 bits per heavy atom. The van der Waals surface area contributed by atoms with Crippen LogP contribution >= 0.6 is 0 Å². The zero-order valence-electron chi connectivity index (χ0n) is 19.5. The summed E-state index contributed by atoms with van der Waals surface area (Å²) in [6, 6.07) is 13.4. The predicted molar refractivity (Wildman–Crippen MR) is 125 cm³/mol. The maximum absolute atomic E-state index is 13.1. The summed E-state index contributed by atoms with van der Waals surface area (Å²) in [5.74, 6) is -0.396. The number of aliphatic hydroxyl groups is 1. The summed E-state index contributed by atoms with van der Waals surface area (Å²) in [5.41, 5.74) is 1.15. The lowest BCUT2D eigenvalue weighted by Crippen LogP contribution is -2.31. The molecule has 0 radical (unpaired) electrons. The van der Waals surface area contributed by atoms with E-state index in [0.29, 0.717) is 48.8 Å². The molecule has 1 atom stereocenters. The number of hydrogen-bond donors (Lipinski definition) is 1. The van der Waals surface area contributed by atoms with E-state index in [1.807, 2.05) is 39.0 Å². The van der Waals surface area contributed by atoms with Crippen LogP contribution < -0.4 is 9.47 Å². The molecular weight excluding hydrogens is 422 g/mol. The van der Waals surface area contributed by atoms with Crippen molar-refractivity contribution in [2.45, 2.75) is 39.3 Å². The molecule has 0 saturated carbocycles. The Morgan fingerprint density at radius 1 is 1.09 bits per heavy atom. The number of likely N-dealkylation sites (tertiary alicyclic amines) is 1. The largest absolute Gasteiger partial charge is 0.507 e. The van der Waals surface area contributed by atoms with Crippen LogP contribution in [-0.4, -0.2) is 54.7 Å². The predicted octanol–water partition coefficient (Wildman–Crippen LogP) is 4.33. The third-order valence-corrected chi connectivity index (χ3v) is 5.25. The van der Waals surface area contributed by atoms with Gasteiger partial charge >= 0.3 is 0 Å². The van der Waals surface area contributed by atoms with Crippen molar-refractivity contribution >= 4 is 17.4 Å². The van der Waals surface area contributed by atoms with Gasteiger partial charge in [0.2, 0.25) is 0 Å². The molecule has 176 valence electrons. The molecule has 0 spiro atoms. The van der Waals surface area contributed by atoms with E-state index in [1.54, 1.807) is 37.4 Å². The first-order valence-electron chi connectivity index (χ1n) is 11.1. The minimum Gasteiger partial charge on any atom is -0.507 e. The van der Waals surface area contributed by atoms with Gasteiger partial charge in [-0.2, -0.15) is 0 Å². The van der Waals surface area contributed by atoms with Gasteiger partial charge in [-0.15, -0.1) is 0 Å². The number of amides is 1. The molecule has 0 bridgehead atoms. The third-order valence-electron chi connectivity index (χ3n) is 5.25. The highest BCUT2D eigenvalue weighted by molar-refractivity contribution is 6.46. The minimum atomic E-state index is -0.739. The molecule has 2 aromatic rings. The maximum Gasteiger partial charge on any atom is 0.295 e. The van der Waals surface area contributed by atoms with Crippen LogP contribution in [0.25, 0.3) is 5.76 Å². The number of rotatable bonds is 10. The lowest BCUT2D eigenvalue weighted by Gasteiger charge is -2.25. The van der Waals surface area contributed by atoms with Crippen molar-refractivity contribution in [3.05, 3.63) is 65.2 Å². The smallest absolute Gasteiger partial charge is 0.295 e. The second-order valence-corrected chi connectivity index (χ2v) is 8.04. The van der Waals surface area contributed by atoms with E-state index in [9.17, 15) is 14.7 Å². The molecule has 7 nitrogen and oxygen atoms in total. The zero-order chi connectivity index (χ0) is 24.0. The van der Waals surface area contributed by atoms with Gasteiger partial charge in [-0.25, -0.2) is 0 Å². The van der Waals surface area contributed by atoms with E-state index in [0.717, 1.165) is 0 Å². The summed E-state index contributed by atoms with van der Waals surface area (Å²) < 4.78 is 16.5. The van der Waals surface area contributed by atoms with Crippen molar-refractivity contribution in [2.75, 3.05) is 26.9 Å². The van der Waals surface area contributed by atoms with Crippen LogP contribution in [0.3, 0.4) is 0 Å². The fourth-order valence-electron chi connectivity index (χ4n) is 3.92. The normalized spacial score (nSPS) is 17.6. The first-order chi connectivity index (χ1) is 15.9. The number of aliphatic hydroxyl groups excluding tert-OH is 1. The van der Waals surface area contributed by atoms with E-state index in [4.69, 9.17) is 14.2 Å². The highest BCUT2D eigenvalue weighted by Crippen LogP contribution is 2.40. The average Bonchev–Trinajstić information content (AvgIpc) is 3.04. The molecule has 1 aliphatic rings. The van der Waals surface area contributed by atoms with Gasteiger partial charge in [-0.3, -0.25) is 9.59 Å². The minimum absolute atomic E-state index is 0.0462. The molecule has 1 aliphatic heterocycles.